The number of carbonyl (C=O) groups is 2. The Morgan fingerprint density at radius 2 is 1.45 bits per heavy atom. The second kappa shape index (κ2) is 16.4. The Hall–Kier alpha value is -2.30. The Kier molecular flexibility index (Phi) is 14.1. The standard InChI is InChI=1S/C26H41NO4/c1-3-4-5-6-7-8-9-10-11-12-13-14-15-16-17-18-22(28)24-21(26(27)30)19-20-23(29)25(24)31-2/h10-11,19-20,29H,3-9,12-18H2,1-2H3,(H2,27,30). The molecular weight excluding hydrogens is 390 g/mol. The van der Waals surface area contributed by atoms with Crippen molar-refractivity contribution in [3.05, 3.63) is 35.4 Å². The van der Waals surface area contributed by atoms with E-state index >= 15 is 0 Å². The van der Waals surface area contributed by atoms with E-state index in [4.69, 9.17) is 10.5 Å². The summed E-state index contributed by atoms with van der Waals surface area (Å²) in [6, 6.07) is 2.69. The molecule has 0 heterocycles. The molecular formula is C26H41NO4. The lowest BCUT2D eigenvalue weighted by Gasteiger charge is -2.12. The molecule has 0 fully saturated rings. The molecule has 1 rings (SSSR count). The van der Waals surface area contributed by atoms with Crippen molar-refractivity contribution in [1.82, 2.24) is 0 Å². The number of phenolic OH excluding ortho intramolecular Hbond substituents is 1. The number of ketones is 1. The van der Waals surface area contributed by atoms with Gasteiger partial charge in [-0.2, -0.15) is 0 Å². The van der Waals surface area contributed by atoms with E-state index in [0.29, 0.717) is 6.42 Å². The van der Waals surface area contributed by atoms with Crippen molar-refractivity contribution in [2.45, 2.75) is 96.8 Å². The zero-order chi connectivity index (χ0) is 22.9. The number of Topliss-reactive ketones (excluding diaryl/α,β-unsaturated/α-hetero) is 1. The summed E-state index contributed by atoms with van der Waals surface area (Å²) in [6.45, 7) is 2.25. The number of hydrogen-bond donors (Lipinski definition) is 2. The van der Waals surface area contributed by atoms with Crippen molar-refractivity contribution in [3.63, 3.8) is 0 Å². The average molecular weight is 432 g/mol. The van der Waals surface area contributed by atoms with Crippen molar-refractivity contribution in [1.29, 1.82) is 0 Å². The van der Waals surface area contributed by atoms with Gasteiger partial charge in [0.2, 0.25) is 5.91 Å². The van der Waals surface area contributed by atoms with Gasteiger partial charge < -0.3 is 15.6 Å². The number of rotatable bonds is 18. The normalized spacial score (nSPS) is 11.2. The summed E-state index contributed by atoms with van der Waals surface area (Å²) in [4.78, 5) is 24.3. The van der Waals surface area contributed by atoms with E-state index < -0.39 is 5.91 Å². The lowest BCUT2D eigenvalue weighted by molar-refractivity contribution is 0.0951. The maximum atomic E-state index is 12.6. The Morgan fingerprint density at radius 3 is 2.00 bits per heavy atom. The fraction of sp³-hybridized carbons (Fsp3) is 0.615. The van der Waals surface area contributed by atoms with Crippen LogP contribution in [0, 0.1) is 0 Å². The number of unbranched alkanes of at least 4 members (excludes halogenated alkanes) is 11. The van der Waals surface area contributed by atoms with Crippen molar-refractivity contribution in [2.75, 3.05) is 7.11 Å². The predicted octanol–water partition coefficient (Wildman–Crippen LogP) is 6.72. The van der Waals surface area contributed by atoms with Crippen LogP contribution >= 0.6 is 0 Å². The van der Waals surface area contributed by atoms with E-state index in [-0.39, 0.29) is 28.4 Å². The van der Waals surface area contributed by atoms with Crippen LogP contribution < -0.4 is 10.5 Å². The zero-order valence-corrected chi connectivity index (χ0v) is 19.5. The van der Waals surface area contributed by atoms with Crippen molar-refractivity contribution in [2.24, 2.45) is 5.73 Å². The summed E-state index contributed by atoms with van der Waals surface area (Å²) in [5, 5.41) is 9.92. The topological polar surface area (TPSA) is 89.6 Å². The molecule has 3 N–H and O–H groups in total. The second-order valence-electron chi connectivity index (χ2n) is 8.16. The number of primary amides is 1. The van der Waals surface area contributed by atoms with Crippen LogP contribution in [0.1, 0.15) is 118 Å². The highest BCUT2D eigenvalue weighted by atomic mass is 16.5. The van der Waals surface area contributed by atoms with Gasteiger partial charge in [-0.25, -0.2) is 0 Å². The Labute approximate surface area is 188 Å². The quantitative estimate of drug-likeness (QED) is 0.153. The molecule has 0 unspecified atom stereocenters. The molecule has 0 aliphatic carbocycles. The van der Waals surface area contributed by atoms with Gasteiger partial charge in [0.25, 0.3) is 0 Å². The predicted molar refractivity (Wildman–Crippen MR) is 127 cm³/mol. The van der Waals surface area contributed by atoms with Crippen LogP contribution in [0.4, 0.5) is 0 Å². The first-order valence-electron chi connectivity index (χ1n) is 11.9. The molecule has 0 aliphatic heterocycles. The van der Waals surface area contributed by atoms with Crippen LogP contribution in [0.2, 0.25) is 0 Å². The first kappa shape index (κ1) is 26.7. The number of methoxy groups -OCH3 is 1. The van der Waals surface area contributed by atoms with Crippen LogP contribution in [0.25, 0.3) is 0 Å². The minimum absolute atomic E-state index is 0.0223. The van der Waals surface area contributed by atoms with E-state index in [1.54, 1.807) is 0 Å². The zero-order valence-electron chi connectivity index (χ0n) is 19.5. The van der Waals surface area contributed by atoms with E-state index in [9.17, 15) is 14.7 Å². The van der Waals surface area contributed by atoms with E-state index in [0.717, 1.165) is 32.1 Å². The number of phenols is 1. The van der Waals surface area contributed by atoms with Crippen molar-refractivity contribution in [3.8, 4) is 11.5 Å². The second-order valence-corrected chi connectivity index (χ2v) is 8.16. The minimum Gasteiger partial charge on any atom is -0.504 e. The smallest absolute Gasteiger partial charge is 0.249 e. The molecule has 0 spiro atoms. The third kappa shape index (κ3) is 10.5. The van der Waals surface area contributed by atoms with Crippen molar-refractivity contribution >= 4 is 11.7 Å². The molecule has 5 heteroatoms. The van der Waals surface area contributed by atoms with Gasteiger partial charge in [0.05, 0.1) is 18.2 Å². The number of ether oxygens (including phenoxy) is 1. The maximum Gasteiger partial charge on any atom is 0.249 e. The summed E-state index contributed by atoms with van der Waals surface area (Å²) in [7, 11) is 1.36. The number of hydrogen-bond acceptors (Lipinski definition) is 4. The summed E-state index contributed by atoms with van der Waals surface area (Å²) in [5.74, 6) is -1.07. The molecule has 0 saturated heterocycles. The van der Waals surface area contributed by atoms with Gasteiger partial charge in [0, 0.05) is 6.42 Å². The fourth-order valence-corrected chi connectivity index (χ4v) is 3.74. The van der Waals surface area contributed by atoms with Gasteiger partial charge in [-0.15, -0.1) is 0 Å². The van der Waals surface area contributed by atoms with Gasteiger partial charge in [-0.1, -0.05) is 70.4 Å². The third-order valence-electron chi connectivity index (χ3n) is 5.55. The van der Waals surface area contributed by atoms with Gasteiger partial charge in [-0.3, -0.25) is 9.59 Å². The lowest BCUT2D eigenvalue weighted by atomic mass is 9.97. The monoisotopic (exact) mass is 431 g/mol. The van der Waals surface area contributed by atoms with E-state index in [1.165, 1.54) is 70.6 Å². The number of aromatic hydroxyl groups is 1. The number of nitrogens with two attached hydrogens (primary N) is 1. The van der Waals surface area contributed by atoms with Gasteiger partial charge >= 0.3 is 0 Å². The summed E-state index contributed by atoms with van der Waals surface area (Å²) in [6.07, 6.45) is 20.4. The molecule has 0 aromatic heterocycles. The molecule has 1 amide bonds. The number of allylic oxidation sites excluding steroid dienone is 2. The average Bonchev–Trinajstić information content (AvgIpc) is 2.75. The van der Waals surface area contributed by atoms with Crippen LogP contribution in [0.3, 0.4) is 0 Å². The molecule has 5 nitrogen and oxygen atoms in total. The molecule has 31 heavy (non-hydrogen) atoms. The highest BCUT2D eigenvalue weighted by Gasteiger charge is 2.22. The van der Waals surface area contributed by atoms with Crippen LogP contribution in [-0.2, 0) is 0 Å². The largest absolute Gasteiger partial charge is 0.504 e. The molecule has 0 saturated carbocycles. The molecule has 0 atom stereocenters. The van der Waals surface area contributed by atoms with Crippen LogP contribution in [-0.4, -0.2) is 23.9 Å². The molecule has 174 valence electrons. The fourth-order valence-electron chi connectivity index (χ4n) is 3.74. The van der Waals surface area contributed by atoms with Gasteiger partial charge in [0.1, 0.15) is 0 Å². The summed E-state index contributed by atoms with van der Waals surface area (Å²) >= 11 is 0. The maximum absolute atomic E-state index is 12.6. The lowest BCUT2D eigenvalue weighted by Crippen LogP contribution is -2.17. The number of amides is 1. The SMILES string of the molecule is CCCCCCCCC=CCCCCCCCC(=O)c1c(C(N)=O)ccc(O)c1OC. The first-order chi connectivity index (χ1) is 15.0. The Balaban J connectivity index is 2.20. The number of carbonyl (C=O) groups excluding carboxylic acids is 2. The van der Waals surface area contributed by atoms with Crippen LogP contribution in [0.5, 0.6) is 11.5 Å². The van der Waals surface area contributed by atoms with E-state index in [2.05, 4.69) is 19.1 Å². The highest BCUT2D eigenvalue weighted by Crippen LogP contribution is 2.33. The highest BCUT2D eigenvalue weighted by molar-refractivity contribution is 6.10. The van der Waals surface area contributed by atoms with Gasteiger partial charge in [-0.05, 0) is 44.2 Å². The van der Waals surface area contributed by atoms with E-state index in [1.807, 2.05) is 0 Å². The summed E-state index contributed by atoms with van der Waals surface area (Å²) in [5.41, 5.74) is 5.56. The third-order valence-corrected chi connectivity index (χ3v) is 5.55. The number of benzene rings is 1. The first-order valence-corrected chi connectivity index (χ1v) is 11.9. The molecule has 0 bridgehead atoms. The minimum atomic E-state index is -0.703. The molecule has 1 aromatic rings. The van der Waals surface area contributed by atoms with Crippen LogP contribution in [0.15, 0.2) is 24.3 Å². The molecule has 0 radical (unpaired) electrons. The molecule has 1 aromatic carbocycles. The van der Waals surface area contributed by atoms with Crippen molar-refractivity contribution < 1.29 is 19.4 Å². The Morgan fingerprint density at radius 1 is 0.903 bits per heavy atom. The van der Waals surface area contributed by atoms with Gasteiger partial charge in [0.15, 0.2) is 17.3 Å². The Bertz CT molecular complexity index is 697. The summed E-state index contributed by atoms with van der Waals surface area (Å²) < 4.78 is 5.13. The molecule has 0 aliphatic rings.